The van der Waals surface area contributed by atoms with Crippen LogP contribution < -0.4 is 5.73 Å². The highest BCUT2D eigenvalue weighted by Crippen LogP contribution is 2.33. The quantitative estimate of drug-likeness (QED) is 0.810. The number of nitrogen functional groups attached to an aromatic ring is 1. The van der Waals surface area contributed by atoms with Crippen LogP contribution in [0.25, 0.3) is 11.2 Å². The third kappa shape index (κ3) is 2.23. The fourth-order valence-electron chi connectivity index (χ4n) is 2.78. The molecular weight excluding hydrogens is 268 g/mol. The molecule has 2 heterocycles. The number of hydrogen-bond acceptors (Lipinski definition) is 6. The van der Waals surface area contributed by atoms with E-state index in [0.29, 0.717) is 29.5 Å². The van der Waals surface area contributed by atoms with E-state index in [0.717, 1.165) is 19.3 Å². The number of halogens is 1. The molecule has 7 nitrogen and oxygen atoms in total. The first-order valence-corrected chi connectivity index (χ1v) is 6.70. The molecule has 0 aromatic carbocycles. The normalized spacial score (nSPS) is 23.3. The molecule has 1 aliphatic carbocycles. The number of nitrogens with zero attached hydrogens (tertiary/aromatic N) is 5. The van der Waals surface area contributed by atoms with Gasteiger partial charge < -0.3 is 10.8 Å². The highest BCUT2D eigenvalue weighted by molar-refractivity contribution is 6.33. The van der Waals surface area contributed by atoms with Gasteiger partial charge in [0.1, 0.15) is 0 Å². The van der Waals surface area contributed by atoms with Gasteiger partial charge in [0, 0.05) is 13.2 Å². The van der Waals surface area contributed by atoms with Crippen molar-refractivity contribution in [2.45, 2.75) is 25.8 Å². The Morgan fingerprint density at radius 2 is 2.11 bits per heavy atom. The van der Waals surface area contributed by atoms with Crippen LogP contribution in [-0.2, 0) is 6.54 Å². The Morgan fingerprint density at radius 1 is 1.32 bits per heavy atom. The van der Waals surface area contributed by atoms with E-state index in [2.05, 4.69) is 20.3 Å². The lowest BCUT2D eigenvalue weighted by atomic mass is 9.97. The van der Waals surface area contributed by atoms with E-state index in [9.17, 15) is 5.11 Å². The summed E-state index contributed by atoms with van der Waals surface area (Å²) in [6.07, 6.45) is 3.28. The van der Waals surface area contributed by atoms with E-state index < -0.39 is 0 Å². The van der Waals surface area contributed by atoms with Crippen molar-refractivity contribution in [2.24, 2.45) is 11.8 Å². The van der Waals surface area contributed by atoms with Crippen LogP contribution in [0.2, 0.25) is 5.15 Å². The van der Waals surface area contributed by atoms with Crippen LogP contribution in [0.4, 0.5) is 5.95 Å². The second kappa shape index (κ2) is 4.90. The van der Waals surface area contributed by atoms with Gasteiger partial charge in [-0.05, 0) is 24.7 Å². The Hall–Kier alpha value is -1.47. The summed E-state index contributed by atoms with van der Waals surface area (Å²) in [5.74, 6) is 0.838. The summed E-state index contributed by atoms with van der Waals surface area (Å²) >= 11 is 5.96. The zero-order valence-corrected chi connectivity index (χ0v) is 11.1. The van der Waals surface area contributed by atoms with E-state index in [-0.39, 0.29) is 17.7 Å². The molecule has 0 amide bonds. The summed E-state index contributed by atoms with van der Waals surface area (Å²) < 4.78 is 1.71. The summed E-state index contributed by atoms with van der Waals surface area (Å²) in [7, 11) is 0. The number of aliphatic hydroxyl groups excluding tert-OH is 1. The predicted molar refractivity (Wildman–Crippen MR) is 70.5 cm³/mol. The van der Waals surface area contributed by atoms with Crippen LogP contribution in [0.5, 0.6) is 0 Å². The summed E-state index contributed by atoms with van der Waals surface area (Å²) in [4.78, 5) is 8.00. The topological polar surface area (TPSA) is 103 Å². The molecular formula is C11H15ClN6O. The van der Waals surface area contributed by atoms with E-state index in [1.807, 2.05) is 0 Å². The van der Waals surface area contributed by atoms with Crippen molar-refractivity contribution in [2.75, 3.05) is 12.3 Å². The average Bonchev–Trinajstić information content (AvgIpc) is 2.97. The van der Waals surface area contributed by atoms with Gasteiger partial charge in [0.05, 0.1) is 0 Å². The van der Waals surface area contributed by atoms with E-state index >= 15 is 0 Å². The maximum Gasteiger partial charge on any atom is 0.223 e. The minimum Gasteiger partial charge on any atom is -0.396 e. The monoisotopic (exact) mass is 282 g/mol. The predicted octanol–water partition coefficient (Wildman–Crippen LogP) is 0.865. The molecule has 0 radical (unpaired) electrons. The third-order valence-corrected chi connectivity index (χ3v) is 4.06. The number of aliphatic hydroxyl groups is 1. The minimum atomic E-state index is 0.117. The molecule has 0 spiro atoms. The Kier molecular flexibility index (Phi) is 3.24. The van der Waals surface area contributed by atoms with Crippen LogP contribution in [0.3, 0.4) is 0 Å². The zero-order valence-electron chi connectivity index (χ0n) is 10.3. The second-order valence-corrected chi connectivity index (χ2v) is 5.31. The number of nitrogens with two attached hydrogens (primary N) is 1. The lowest BCUT2D eigenvalue weighted by molar-refractivity contribution is 0.182. The molecule has 3 N–H and O–H groups in total. The molecule has 1 fully saturated rings. The Labute approximate surface area is 114 Å². The van der Waals surface area contributed by atoms with E-state index in [1.165, 1.54) is 0 Å². The van der Waals surface area contributed by atoms with Crippen LogP contribution in [0.15, 0.2) is 0 Å². The van der Waals surface area contributed by atoms with E-state index in [4.69, 9.17) is 17.3 Å². The molecule has 0 saturated heterocycles. The van der Waals surface area contributed by atoms with Gasteiger partial charge in [-0.1, -0.05) is 23.2 Å². The van der Waals surface area contributed by atoms with Gasteiger partial charge >= 0.3 is 0 Å². The van der Waals surface area contributed by atoms with Crippen molar-refractivity contribution in [1.82, 2.24) is 25.0 Å². The lowest BCUT2D eigenvalue weighted by Gasteiger charge is -2.16. The molecule has 1 aliphatic rings. The molecule has 0 unspecified atom stereocenters. The standard InChI is InChI=1S/C11H15ClN6O/c12-9-8-10(15-11(13)14-9)18(17-16-8)4-6-2-1-3-7(6)5-19/h6-7,19H,1-5H2,(H2,13,14,15)/t6-,7+/m1/s1. The first-order valence-electron chi connectivity index (χ1n) is 6.32. The van der Waals surface area contributed by atoms with E-state index in [1.54, 1.807) is 4.68 Å². The number of fused-ring (bicyclic) bond motifs is 1. The summed E-state index contributed by atoms with van der Waals surface area (Å²) in [6, 6.07) is 0. The van der Waals surface area contributed by atoms with Crippen LogP contribution in [-0.4, -0.2) is 36.7 Å². The largest absolute Gasteiger partial charge is 0.396 e. The maximum absolute atomic E-state index is 9.35. The molecule has 2 atom stereocenters. The molecule has 0 bridgehead atoms. The SMILES string of the molecule is Nc1nc(Cl)c2nnn(C[C@H]3CCC[C@H]3CO)c2n1. The molecule has 1 saturated carbocycles. The average molecular weight is 283 g/mol. The van der Waals surface area contributed by atoms with Gasteiger partial charge in [-0.15, -0.1) is 5.10 Å². The fourth-order valence-corrected chi connectivity index (χ4v) is 2.99. The highest BCUT2D eigenvalue weighted by atomic mass is 35.5. The van der Waals surface area contributed by atoms with Crippen molar-refractivity contribution < 1.29 is 5.11 Å². The first kappa shape index (κ1) is 12.6. The van der Waals surface area contributed by atoms with Gasteiger partial charge in [0.15, 0.2) is 16.3 Å². The minimum absolute atomic E-state index is 0.117. The molecule has 3 rings (SSSR count). The lowest BCUT2D eigenvalue weighted by Crippen LogP contribution is -2.19. The van der Waals surface area contributed by atoms with Gasteiger partial charge in [-0.2, -0.15) is 9.97 Å². The van der Waals surface area contributed by atoms with Gasteiger partial charge in [-0.3, -0.25) is 0 Å². The van der Waals surface area contributed by atoms with Gasteiger partial charge in [0.25, 0.3) is 0 Å². The fraction of sp³-hybridized carbons (Fsp3) is 0.636. The van der Waals surface area contributed by atoms with Crippen molar-refractivity contribution in [3.05, 3.63) is 5.15 Å². The zero-order chi connectivity index (χ0) is 13.4. The van der Waals surface area contributed by atoms with Gasteiger partial charge in [-0.25, -0.2) is 4.68 Å². The molecule has 102 valence electrons. The van der Waals surface area contributed by atoms with Crippen molar-refractivity contribution in [3.63, 3.8) is 0 Å². The molecule has 0 aliphatic heterocycles. The number of anilines is 1. The Balaban J connectivity index is 1.93. The Bertz CT molecular complexity index is 600. The van der Waals surface area contributed by atoms with Crippen molar-refractivity contribution in [1.29, 1.82) is 0 Å². The number of rotatable bonds is 3. The molecule has 2 aromatic rings. The molecule has 8 heteroatoms. The highest BCUT2D eigenvalue weighted by Gasteiger charge is 2.28. The number of aromatic nitrogens is 5. The van der Waals surface area contributed by atoms with Crippen LogP contribution in [0, 0.1) is 11.8 Å². The second-order valence-electron chi connectivity index (χ2n) is 4.95. The smallest absolute Gasteiger partial charge is 0.223 e. The van der Waals surface area contributed by atoms with Crippen LogP contribution >= 0.6 is 11.6 Å². The molecule has 19 heavy (non-hydrogen) atoms. The summed E-state index contributed by atoms with van der Waals surface area (Å²) in [6.45, 7) is 0.893. The van der Waals surface area contributed by atoms with Crippen molar-refractivity contribution in [3.8, 4) is 0 Å². The third-order valence-electron chi connectivity index (χ3n) is 3.80. The Morgan fingerprint density at radius 3 is 2.89 bits per heavy atom. The summed E-state index contributed by atoms with van der Waals surface area (Å²) in [5.41, 5.74) is 6.62. The maximum atomic E-state index is 9.35. The summed E-state index contributed by atoms with van der Waals surface area (Å²) in [5, 5.41) is 17.6. The van der Waals surface area contributed by atoms with Crippen LogP contribution in [0.1, 0.15) is 19.3 Å². The molecule has 2 aromatic heterocycles. The van der Waals surface area contributed by atoms with Crippen molar-refractivity contribution >= 4 is 28.7 Å². The number of hydrogen-bond donors (Lipinski definition) is 2. The van der Waals surface area contributed by atoms with Gasteiger partial charge in [0.2, 0.25) is 5.95 Å². The first-order chi connectivity index (χ1) is 9.19.